The fraction of sp³-hybridized carbons (Fsp3) is 0.273. The van der Waals surface area contributed by atoms with Crippen LogP contribution in [0.15, 0.2) is 36.4 Å². The van der Waals surface area contributed by atoms with Crippen LogP contribution in [-0.4, -0.2) is 46.4 Å². The number of aromatic nitrogens is 2. The molecule has 1 aliphatic rings. The van der Waals surface area contributed by atoms with Gasteiger partial charge >= 0.3 is 0 Å². The third-order valence-electron chi connectivity index (χ3n) is 5.29. The Kier molecular flexibility index (Phi) is 4.84. The van der Waals surface area contributed by atoms with Gasteiger partial charge in [0, 0.05) is 24.8 Å². The molecule has 7 heteroatoms. The minimum Gasteiger partial charge on any atom is -0.507 e. The third kappa shape index (κ3) is 3.17. The zero-order chi connectivity index (χ0) is 20.7. The van der Waals surface area contributed by atoms with Crippen LogP contribution in [0.3, 0.4) is 0 Å². The van der Waals surface area contributed by atoms with Crippen molar-refractivity contribution in [1.29, 1.82) is 0 Å². The predicted octanol–water partition coefficient (Wildman–Crippen LogP) is 3.73. The fourth-order valence-corrected chi connectivity index (χ4v) is 3.95. The molecule has 2 aromatic carbocycles. The number of carbonyl (C=O) groups excluding carboxylic acids is 1. The highest BCUT2D eigenvalue weighted by atomic mass is 19.1. The van der Waals surface area contributed by atoms with E-state index in [1.54, 1.807) is 24.1 Å². The van der Waals surface area contributed by atoms with Crippen molar-refractivity contribution in [2.24, 2.45) is 0 Å². The number of fused-ring (bicyclic) bond motifs is 1. The normalized spacial score (nSPS) is 15.8. The molecule has 0 saturated carbocycles. The number of nitrogens with one attached hydrogen (secondary N) is 1. The molecular formula is C22H22FN3O3. The maximum absolute atomic E-state index is 13.5. The average molecular weight is 395 g/mol. The molecule has 4 rings (SSSR count). The Bertz CT molecular complexity index is 1080. The van der Waals surface area contributed by atoms with Crippen molar-refractivity contribution in [3.8, 4) is 17.0 Å². The second-order valence-electron chi connectivity index (χ2n) is 7.28. The summed E-state index contributed by atoms with van der Waals surface area (Å²) in [7, 11) is 1.58. The molecule has 0 spiro atoms. The third-order valence-corrected chi connectivity index (χ3v) is 5.29. The molecule has 0 radical (unpaired) electrons. The van der Waals surface area contributed by atoms with Gasteiger partial charge < -0.3 is 14.7 Å². The van der Waals surface area contributed by atoms with Crippen molar-refractivity contribution >= 4 is 5.91 Å². The first kappa shape index (κ1) is 19.1. The van der Waals surface area contributed by atoms with Crippen LogP contribution < -0.4 is 0 Å². The Balaban J connectivity index is 1.91. The Hall–Kier alpha value is -3.19. The SMILES string of the molecule is COCCN1C(=O)c2[nH]nc(-c3cc(C)cc(C)c3O)c2C1c1ccc(F)cc1. The zero-order valence-corrected chi connectivity index (χ0v) is 16.5. The molecule has 2 heterocycles. The van der Waals surface area contributed by atoms with Gasteiger partial charge in [0.1, 0.15) is 23.0 Å². The van der Waals surface area contributed by atoms with E-state index in [2.05, 4.69) is 10.2 Å². The molecule has 1 unspecified atom stereocenters. The molecule has 1 atom stereocenters. The summed E-state index contributed by atoms with van der Waals surface area (Å²) in [4.78, 5) is 14.8. The minimum absolute atomic E-state index is 0.130. The van der Waals surface area contributed by atoms with Gasteiger partial charge in [-0.2, -0.15) is 5.10 Å². The number of H-pyrrole nitrogens is 1. The Morgan fingerprint density at radius 2 is 1.97 bits per heavy atom. The summed E-state index contributed by atoms with van der Waals surface area (Å²) in [6, 6.07) is 9.37. The van der Waals surface area contributed by atoms with Gasteiger partial charge in [0.15, 0.2) is 0 Å². The molecular weight excluding hydrogens is 373 g/mol. The number of aromatic hydroxyl groups is 1. The summed E-state index contributed by atoms with van der Waals surface area (Å²) in [5.41, 5.74) is 4.62. The molecule has 0 bridgehead atoms. The van der Waals surface area contributed by atoms with Crippen LogP contribution in [0.4, 0.5) is 4.39 Å². The first-order valence-corrected chi connectivity index (χ1v) is 9.36. The molecule has 1 aliphatic heterocycles. The number of methoxy groups -OCH3 is 1. The number of nitrogens with zero attached hydrogens (tertiary/aromatic N) is 2. The minimum atomic E-state index is -0.456. The number of hydrogen-bond donors (Lipinski definition) is 2. The second-order valence-corrected chi connectivity index (χ2v) is 7.28. The molecule has 1 aromatic heterocycles. The number of aromatic amines is 1. The molecule has 2 N–H and O–H groups in total. The number of hydrogen-bond acceptors (Lipinski definition) is 4. The number of phenols is 1. The van der Waals surface area contributed by atoms with Crippen molar-refractivity contribution in [1.82, 2.24) is 15.1 Å². The quantitative estimate of drug-likeness (QED) is 0.690. The molecule has 0 saturated heterocycles. The van der Waals surface area contributed by atoms with E-state index < -0.39 is 6.04 Å². The summed E-state index contributed by atoms with van der Waals surface area (Å²) in [5, 5.41) is 17.9. The van der Waals surface area contributed by atoms with Crippen molar-refractivity contribution in [3.05, 3.63) is 70.2 Å². The van der Waals surface area contributed by atoms with Crippen LogP contribution in [0.1, 0.15) is 38.8 Å². The van der Waals surface area contributed by atoms with Gasteiger partial charge in [-0.3, -0.25) is 9.89 Å². The van der Waals surface area contributed by atoms with Crippen molar-refractivity contribution in [2.45, 2.75) is 19.9 Å². The standard InChI is InChI=1S/C22H22FN3O3/c1-12-10-13(2)21(27)16(11-12)18-17-19(25-24-18)22(28)26(8-9-29-3)20(17)14-4-6-15(23)7-5-14/h4-7,10-11,20,27H,8-9H2,1-3H3,(H,24,25). The van der Waals surface area contributed by atoms with E-state index in [0.29, 0.717) is 35.7 Å². The predicted molar refractivity (Wildman–Crippen MR) is 106 cm³/mol. The smallest absolute Gasteiger partial charge is 0.273 e. The lowest BCUT2D eigenvalue weighted by Gasteiger charge is -2.26. The number of carbonyl (C=O) groups is 1. The van der Waals surface area contributed by atoms with Gasteiger partial charge in [-0.05, 0) is 48.7 Å². The van der Waals surface area contributed by atoms with Crippen LogP contribution >= 0.6 is 0 Å². The first-order valence-electron chi connectivity index (χ1n) is 9.36. The van der Waals surface area contributed by atoms with Crippen molar-refractivity contribution < 1.29 is 19.0 Å². The number of aryl methyl sites for hydroxylation is 2. The first-order chi connectivity index (χ1) is 13.9. The van der Waals surface area contributed by atoms with Crippen LogP contribution in [0, 0.1) is 19.7 Å². The average Bonchev–Trinajstić information content (AvgIpc) is 3.23. The maximum atomic E-state index is 13.5. The van der Waals surface area contributed by atoms with Crippen molar-refractivity contribution in [2.75, 3.05) is 20.3 Å². The number of halogens is 1. The number of ether oxygens (including phenoxy) is 1. The summed E-state index contributed by atoms with van der Waals surface area (Å²) >= 11 is 0. The number of phenolic OH excluding ortho intramolecular Hbond substituents is 1. The highest BCUT2D eigenvalue weighted by molar-refractivity contribution is 6.00. The molecule has 29 heavy (non-hydrogen) atoms. The van der Waals surface area contributed by atoms with Gasteiger partial charge in [-0.25, -0.2) is 4.39 Å². The summed E-state index contributed by atoms with van der Waals surface area (Å²) in [5.74, 6) is -0.416. The lowest BCUT2D eigenvalue weighted by atomic mass is 9.94. The molecule has 0 fully saturated rings. The zero-order valence-electron chi connectivity index (χ0n) is 16.5. The van der Waals surface area contributed by atoms with Crippen LogP contribution in [0.25, 0.3) is 11.3 Å². The van der Waals surface area contributed by atoms with E-state index in [1.165, 1.54) is 12.1 Å². The summed E-state index contributed by atoms with van der Waals surface area (Å²) in [6.07, 6.45) is 0. The van der Waals surface area contributed by atoms with E-state index in [0.717, 1.165) is 16.7 Å². The summed E-state index contributed by atoms with van der Waals surface area (Å²) in [6.45, 7) is 4.51. The van der Waals surface area contributed by atoms with Gasteiger partial charge in [0.2, 0.25) is 0 Å². The van der Waals surface area contributed by atoms with Gasteiger partial charge in [0.05, 0.1) is 12.6 Å². The summed E-state index contributed by atoms with van der Waals surface area (Å²) < 4.78 is 18.7. The molecule has 6 nitrogen and oxygen atoms in total. The van der Waals surface area contributed by atoms with E-state index >= 15 is 0 Å². The Labute approximate surface area is 167 Å². The number of benzene rings is 2. The van der Waals surface area contributed by atoms with Crippen molar-refractivity contribution in [3.63, 3.8) is 0 Å². The lowest BCUT2D eigenvalue weighted by Crippen LogP contribution is -2.32. The van der Waals surface area contributed by atoms with Gasteiger partial charge in [-0.1, -0.05) is 18.2 Å². The second kappa shape index (κ2) is 7.33. The Morgan fingerprint density at radius 3 is 2.66 bits per heavy atom. The maximum Gasteiger partial charge on any atom is 0.273 e. The molecule has 1 amide bonds. The highest BCUT2D eigenvalue weighted by Gasteiger charge is 2.42. The van der Waals surface area contributed by atoms with Crippen LogP contribution in [0.2, 0.25) is 0 Å². The largest absolute Gasteiger partial charge is 0.507 e. The topological polar surface area (TPSA) is 78.5 Å². The monoisotopic (exact) mass is 395 g/mol. The van der Waals surface area contributed by atoms with Gasteiger partial charge in [-0.15, -0.1) is 0 Å². The lowest BCUT2D eigenvalue weighted by molar-refractivity contribution is 0.0677. The van der Waals surface area contributed by atoms with E-state index in [4.69, 9.17) is 4.74 Å². The molecule has 150 valence electrons. The van der Waals surface area contributed by atoms with Gasteiger partial charge in [0.25, 0.3) is 5.91 Å². The van der Waals surface area contributed by atoms with E-state index in [-0.39, 0.29) is 17.5 Å². The van der Waals surface area contributed by atoms with E-state index in [9.17, 15) is 14.3 Å². The molecule has 3 aromatic rings. The van der Waals surface area contributed by atoms with Crippen LogP contribution in [0.5, 0.6) is 5.75 Å². The van der Waals surface area contributed by atoms with Crippen LogP contribution in [-0.2, 0) is 4.74 Å². The number of rotatable bonds is 5. The number of amides is 1. The Morgan fingerprint density at radius 1 is 1.24 bits per heavy atom. The van der Waals surface area contributed by atoms with E-state index in [1.807, 2.05) is 26.0 Å². The fourth-order valence-electron chi connectivity index (χ4n) is 3.95. The highest BCUT2D eigenvalue weighted by Crippen LogP contribution is 2.45. The molecule has 0 aliphatic carbocycles.